The van der Waals surface area contributed by atoms with Crippen molar-refractivity contribution in [2.45, 2.75) is 30.3 Å². The van der Waals surface area contributed by atoms with E-state index in [2.05, 4.69) is 4.90 Å². The van der Waals surface area contributed by atoms with Crippen molar-refractivity contribution in [2.24, 2.45) is 5.92 Å². The summed E-state index contributed by atoms with van der Waals surface area (Å²) in [5.74, 6) is 0.0630. The summed E-state index contributed by atoms with van der Waals surface area (Å²) >= 11 is 0. The SMILES string of the molecule is COc1ccc(C(=O)C2C(c3ccc(O)c(OC)c3)C3CCCN3C23C(=O)c2cccc4cccc3c24)cc1. The van der Waals surface area contributed by atoms with Crippen molar-refractivity contribution in [2.75, 3.05) is 20.8 Å². The molecule has 2 aliphatic heterocycles. The molecule has 2 heterocycles. The zero-order chi connectivity index (χ0) is 26.9. The third-order valence-electron chi connectivity index (χ3n) is 9.13. The number of methoxy groups -OCH3 is 2. The van der Waals surface area contributed by atoms with Crippen LogP contribution in [0.2, 0.25) is 0 Å². The van der Waals surface area contributed by atoms with Gasteiger partial charge in [0.25, 0.3) is 0 Å². The van der Waals surface area contributed by atoms with Crippen LogP contribution in [0.15, 0.2) is 78.9 Å². The van der Waals surface area contributed by atoms with Gasteiger partial charge in [0.05, 0.1) is 20.1 Å². The van der Waals surface area contributed by atoms with Gasteiger partial charge in [-0.1, -0.05) is 42.5 Å². The summed E-state index contributed by atoms with van der Waals surface area (Å²) in [6, 6.07) is 24.4. The van der Waals surface area contributed by atoms with Crippen LogP contribution in [0.3, 0.4) is 0 Å². The maximum Gasteiger partial charge on any atom is 0.189 e. The van der Waals surface area contributed by atoms with E-state index in [4.69, 9.17) is 9.47 Å². The highest BCUT2D eigenvalue weighted by atomic mass is 16.5. The van der Waals surface area contributed by atoms with Crippen molar-refractivity contribution >= 4 is 22.3 Å². The largest absolute Gasteiger partial charge is 0.504 e. The van der Waals surface area contributed by atoms with Crippen molar-refractivity contribution in [3.05, 3.63) is 101 Å². The molecule has 7 rings (SSSR count). The van der Waals surface area contributed by atoms with E-state index < -0.39 is 11.5 Å². The molecule has 0 bridgehead atoms. The normalized spacial score (nSPS) is 25.4. The number of ether oxygens (including phenoxy) is 2. The van der Waals surface area contributed by atoms with Gasteiger partial charge in [-0.3, -0.25) is 14.5 Å². The van der Waals surface area contributed by atoms with Crippen molar-refractivity contribution < 1.29 is 24.2 Å². The fraction of sp³-hybridized carbons (Fsp3) is 0.273. The van der Waals surface area contributed by atoms with E-state index in [1.807, 2.05) is 48.5 Å². The van der Waals surface area contributed by atoms with Crippen LogP contribution in [0.25, 0.3) is 10.8 Å². The first kappa shape index (κ1) is 23.9. The van der Waals surface area contributed by atoms with Crippen molar-refractivity contribution in [3.8, 4) is 17.2 Å². The average molecular weight is 520 g/mol. The minimum Gasteiger partial charge on any atom is -0.504 e. The zero-order valence-corrected chi connectivity index (χ0v) is 21.9. The monoisotopic (exact) mass is 519 g/mol. The number of benzene rings is 4. The maximum absolute atomic E-state index is 14.8. The number of hydrogen-bond acceptors (Lipinski definition) is 6. The van der Waals surface area contributed by atoms with Crippen molar-refractivity contribution in [3.63, 3.8) is 0 Å². The lowest BCUT2D eigenvalue weighted by Crippen LogP contribution is -2.51. The van der Waals surface area contributed by atoms with Gasteiger partial charge in [0.1, 0.15) is 11.3 Å². The van der Waals surface area contributed by atoms with Crippen LogP contribution in [-0.4, -0.2) is 48.4 Å². The van der Waals surface area contributed by atoms with Crippen LogP contribution in [0.4, 0.5) is 0 Å². The Hall–Kier alpha value is -4.16. The molecule has 1 spiro atoms. The van der Waals surface area contributed by atoms with Gasteiger partial charge in [0.2, 0.25) is 0 Å². The van der Waals surface area contributed by atoms with Crippen LogP contribution < -0.4 is 9.47 Å². The topological polar surface area (TPSA) is 76.1 Å². The lowest BCUT2D eigenvalue weighted by molar-refractivity contribution is 0.0519. The van der Waals surface area contributed by atoms with Crippen LogP contribution >= 0.6 is 0 Å². The Morgan fingerprint density at radius 3 is 2.49 bits per heavy atom. The number of Topliss-reactive ketones (excluding diaryl/α,β-unsaturated/α-hetero) is 2. The molecule has 196 valence electrons. The minimum atomic E-state index is -1.11. The van der Waals surface area contributed by atoms with E-state index in [1.165, 1.54) is 7.11 Å². The van der Waals surface area contributed by atoms with Gasteiger partial charge < -0.3 is 14.6 Å². The Balaban J connectivity index is 1.51. The van der Waals surface area contributed by atoms with Gasteiger partial charge in [0.15, 0.2) is 23.1 Å². The molecule has 3 aliphatic rings. The summed E-state index contributed by atoms with van der Waals surface area (Å²) in [5.41, 5.74) is 1.93. The molecule has 1 N–H and O–H groups in total. The molecule has 0 radical (unpaired) electrons. The van der Waals surface area contributed by atoms with Gasteiger partial charge in [-0.2, -0.15) is 0 Å². The van der Waals surface area contributed by atoms with Crippen LogP contribution in [0, 0.1) is 5.92 Å². The Labute approximate surface area is 226 Å². The third kappa shape index (κ3) is 3.12. The summed E-state index contributed by atoms with van der Waals surface area (Å²) in [4.78, 5) is 31.8. The molecule has 4 aromatic carbocycles. The number of nitrogens with zero attached hydrogens (tertiary/aromatic N) is 1. The lowest BCUT2D eigenvalue weighted by atomic mass is 9.68. The summed E-state index contributed by atoms with van der Waals surface area (Å²) < 4.78 is 10.8. The number of carbonyl (C=O) groups is 2. The number of ketones is 2. The van der Waals surface area contributed by atoms with E-state index in [0.717, 1.165) is 41.3 Å². The molecule has 4 aromatic rings. The number of aromatic hydroxyl groups is 1. The summed E-state index contributed by atoms with van der Waals surface area (Å²) in [5, 5.41) is 12.3. The highest BCUT2D eigenvalue weighted by Gasteiger charge is 2.69. The van der Waals surface area contributed by atoms with Crippen molar-refractivity contribution in [1.29, 1.82) is 0 Å². The Morgan fingerprint density at radius 1 is 0.974 bits per heavy atom. The number of phenolic OH excluding ortho intramolecular Hbond substituents is 1. The van der Waals surface area contributed by atoms with E-state index in [1.54, 1.807) is 37.4 Å². The maximum atomic E-state index is 14.8. The molecule has 0 saturated carbocycles. The molecular formula is C33H29NO5. The molecule has 6 nitrogen and oxygen atoms in total. The predicted molar refractivity (Wildman–Crippen MR) is 148 cm³/mol. The lowest BCUT2D eigenvalue weighted by Gasteiger charge is -2.38. The number of rotatable bonds is 5. The number of carbonyl (C=O) groups excluding carboxylic acids is 2. The van der Waals surface area contributed by atoms with Crippen molar-refractivity contribution in [1.82, 2.24) is 4.90 Å². The summed E-state index contributed by atoms with van der Waals surface area (Å²) in [7, 11) is 3.12. The smallest absolute Gasteiger partial charge is 0.189 e. The fourth-order valence-electron chi connectivity index (χ4n) is 7.64. The second-order valence-electron chi connectivity index (χ2n) is 10.7. The van der Waals surface area contributed by atoms with Gasteiger partial charge in [-0.05, 0) is 77.7 Å². The highest BCUT2D eigenvalue weighted by molar-refractivity contribution is 6.22. The highest BCUT2D eigenvalue weighted by Crippen LogP contribution is 2.62. The van der Waals surface area contributed by atoms with Gasteiger partial charge in [-0.15, -0.1) is 0 Å². The van der Waals surface area contributed by atoms with E-state index in [-0.39, 0.29) is 29.3 Å². The van der Waals surface area contributed by atoms with Crippen LogP contribution in [0.1, 0.15) is 50.6 Å². The number of hydrogen-bond donors (Lipinski definition) is 1. The molecule has 0 aromatic heterocycles. The number of phenols is 1. The van der Waals surface area contributed by atoms with Crippen LogP contribution in [0.5, 0.6) is 17.2 Å². The van der Waals surface area contributed by atoms with E-state index in [9.17, 15) is 14.7 Å². The zero-order valence-electron chi connectivity index (χ0n) is 21.9. The third-order valence-corrected chi connectivity index (χ3v) is 9.13. The molecule has 4 atom stereocenters. The summed E-state index contributed by atoms with van der Waals surface area (Å²) in [6.45, 7) is 0.735. The molecule has 1 aliphatic carbocycles. The average Bonchev–Trinajstić information content (AvgIpc) is 3.63. The Bertz CT molecular complexity index is 1640. The molecule has 4 unspecified atom stereocenters. The minimum absolute atomic E-state index is 0.00121. The second-order valence-corrected chi connectivity index (χ2v) is 10.7. The van der Waals surface area contributed by atoms with E-state index in [0.29, 0.717) is 22.6 Å². The first-order chi connectivity index (χ1) is 19.0. The van der Waals surface area contributed by atoms with E-state index >= 15 is 0 Å². The fourth-order valence-corrected chi connectivity index (χ4v) is 7.64. The van der Waals surface area contributed by atoms with Gasteiger partial charge in [0, 0.05) is 23.1 Å². The molecule has 39 heavy (non-hydrogen) atoms. The molecule has 2 fully saturated rings. The quantitative estimate of drug-likeness (QED) is 0.340. The first-order valence-corrected chi connectivity index (χ1v) is 13.4. The Kier molecular flexibility index (Phi) is 5.32. The standard InChI is InChI=1S/C33H29NO5/c1-38-22-14-11-20(12-15-22)31(36)30-29(21-13-16-26(35)27(18-21)39-2)25-10-5-17-34(25)33(30)24-9-4-7-19-6-3-8-23(28(19)24)32(33)37/h3-4,6-9,11-16,18,25,29-30,35H,5,10,17H2,1-2H3. The summed E-state index contributed by atoms with van der Waals surface area (Å²) in [6.07, 6.45) is 1.82. The molecule has 0 amide bonds. The Morgan fingerprint density at radius 2 is 1.74 bits per heavy atom. The predicted octanol–water partition coefficient (Wildman–Crippen LogP) is 5.72. The molecule has 2 saturated heterocycles. The van der Waals surface area contributed by atoms with Gasteiger partial charge in [-0.25, -0.2) is 0 Å². The molecular weight excluding hydrogens is 490 g/mol. The van der Waals surface area contributed by atoms with Gasteiger partial charge >= 0.3 is 0 Å². The van der Waals surface area contributed by atoms with Crippen LogP contribution in [-0.2, 0) is 5.54 Å². The second kappa shape index (κ2) is 8.68. The molecule has 6 heteroatoms. The number of fused-ring (bicyclic) bond motifs is 3. The first-order valence-electron chi connectivity index (χ1n) is 13.4.